The Morgan fingerprint density at radius 3 is 2.57 bits per heavy atom. The summed E-state index contributed by atoms with van der Waals surface area (Å²) in [5, 5.41) is 0.928. The van der Waals surface area contributed by atoms with Crippen molar-refractivity contribution in [2.45, 2.75) is 0 Å². The number of amides is 1. The van der Waals surface area contributed by atoms with Gasteiger partial charge in [0.15, 0.2) is 0 Å². The lowest BCUT2D eigenvalue weighted by molar-refractivity contribution is -0.127. The number of aromatic nitrogens is 1. The molecule has 0 saturated heterocycles. The van der Waals surface area contributed by atoms with Gasteiger partial charge in [0.2, 0.25) is 5.91 Å². The van der Waals surface area contributed by atoms with E-state index in [9.17, 15) is 4.79 Å². The van der Waals surface area contributed by atoms with E-state index in [-0.39, 0.29) is 17.4 Å². The summed E-state index contributed by atoms with van der Waals surface area (Å²) in [5.41, 5.74) is 8.16. The Labute approximate surface area is 129 Å². The number of carbonyl (C=O) groups excluding carboxylic acids is 1. The zero-order valence-corrected chi connectivity index (χ0v) is 13.1. The van der Waals surface area contributed by atoms with Gasteiger partial charge in [-0.2, -0.15) is 0 Å². The average Bonchev–Trinajstić information content (AvgIpc) is 2.45. The molecule has 0 unspecified atom stereocenters. The number of nitrogens with two attached hydrogens (primary N) is 1. The van der Waals surface area contributed by atoms with Crippen molar-refractivity contribution in [3.05, 3.63) is 36.0 Å². The van der Waals surface area contributed by atoms with Gasteiger partial charge in [0.25, 0.3) is 0 Å². The molecule has 21 heavy (non-hydrogen) atoms. The smallest absolute Gasteiger partial charge is 0.241 e. The second-order valence-electron chi connectivity index (χ2n) is 5.05. The maximum absolute atomic E-state index is 11.9. The predicted octanol–water partition coefficient (Wildman–Crippen LogP) is 1.39. The van der Waals surface area contributed by atoms with Crippen LogP contribution in [0.4, 0.5) is 5.69 Å². The predicted molar refractivity (Wildman–Crippen MR) is 89.6 cm³/mol. The highest BCUT2D eigenvalue weighted by molar-refractivity contribution is 7.80. The molecular formula is C15H18N4OS. The van der Waals surface area contributed by atoms with Crippen LogP contribution in [0.3, 0.4) is 0 Å². The SMILES string of the molecule is CN(C)C(=O)CN(C)c1c(C(N)=S)cnc2ccccc12. The van der Waals surface area contributed by atoms with Gasteiger partial charge >= 0.3 is 0 Å². The molecule has 1 amide bonds. The standard InChI is InChI=1S/C15H18N4OS/c1-18(2)13(20)9-19(3)14-10-6-4-5-7-12(10)17-8-11(14)15(16)21/h4-8H,9H2,1-3H3,(H2,16,21). The summed E-state index contributed by atoms with van der Waals surface area (Å²) in [4.78, 5) is 20.0. The molecule has 0 aliphatic heterocycles. The van der Waals surface area contributed by atoms with Crippen LogP contribution in [0.2, 0.25) is 0 Å². The second kappa shape index (κ2) is 6.05. The van der Waals surface area contributed by atoms with Crippen LogP contribution in [0.15, 0.2) is 30.5 Å². The molecule has 0 spiro atoms. The Kier molecular flexibility index (Phi) is 4.37. The van der Waals surface area contributed by atoms with Crippen LogP contribution in [-0.2, 0) is 4.79 Å². The molecular weight excluding hydrogens is 284 g/mol. The highest BCUT2D eigenvalue weighted by Crippen LogP contribution is 2.28. The third kappa shape index (κ3) is 3.11. The van der Waals surface area contributed by atoms with Crippen molar-refractivity contribution in [2.75, 3.05) is 32.6 Å². The summed E-state index contributed by atoms with van der Waals surface area (Å²) in [6, 6.07) is 7.73. The van der Waals surface area contributed by atoms with Crippen LogP contribution in [0.1, 0.15) is 5.56 Å². The molecule has 0 aliphatic carbocycles. The number of fused-ring (bicyclic) bond motifs is 1. The van der Waals surface area contributed by atoms with Gasteiger partial charge in [-0.25, -0.2) is 0 Å². The topological polar surface area (TPSA) is 62.5 Å². The van der Waals surface area contributed by atoms with Crippen molar-refractivity contribution in [3.8, 4) is 0 Å². The molecule has 110 valence electrons. The number of hydrogen-bond acceptors (Lipinski definition) is 4. The van der Waals surface area contributed by atoms with Crippen LogP contribution in [0, 0.1) is 0 Å². The van der Waals surface area contributed by atoms with Crippen molar-refractivity contribution in [3.63, 3.8) is 0 Å². The lowest BCUT2D eigenvalue weighted by Crippen LogP contribution is -2.35. The molecule has 0 aliphatic rings. The first-order valence-electron chi connectivity index (χ1n) is 6.50. The van der Waals surface area contributed by atoms with E-state index in [2.05, 4.69) is 4.98 Å². The van der Waals surface area contributed by atoms with Crippen LogP contribution in [0.5, 0.6) is 0 Å². The van der Waals surface area contributed by atoms with E-state index >= 15 is 0 Å². The minimum absolute atomic E-state index is 0.00674. The summed E-state index contributed by atoms with van der Waals surface area (Å²) >= 11 is 5.11. The summed E-state index contributed by atoms with van der Waals surface area (Å²) in [6.45, 7) is 0.247. The van der Waals surface area contributed by atoms with E-state index in [0.717, 1.165) is 16.6 Å². The Hall–Kier alpha value is -2.21. The summed E-state index contributed by atoms with van der Waals surface area (Å²) in [5.74, 6) is 0.00674. The fraction of sp³-hybridized carbons (Fsp3) is 0.267. The zero-order chi connectivity index (χ0) is 15.6. The summed E-state index contributed by atoms with van der Waals surface area (Å²) in [6.07, 6.45) is 1.66. The van der Waals surface area contributed by atoms with E-state index in [4.69, 9.17) is 18.0 Å². The van der Waals surface area contributed by atoms with Gasteiger partial charge in [-0.1, -0.05) is 30.4 Å². The number of benzene rings is 1. The number of nitrogens with zero attached hydrogens (tertiary/aromatic N) is 3. The van der Waals surface area contributed by atoms with Gasteiger partial charge in [-0.05, 0) is 6.07 Å². The van der Waals surface area contributed by atoms with Crippen LogP contribution >= 0.6 is 12.2 Å². The van der Waals surface area contributed by atoms with Crippen LogP contribution < -0.4 is 10.6 Å². The zero-order valence-electron chi connectivity index (χ0n) is 12.3. The van der Waals surface area contributed by atoms with Crippen molar-refractivity contribution in [1.82, 2.24) is 9.88 Å². The molecule has 5 nitrogen and oxygen atoms in total. The average molecular weight is 302 g/mol. The largest absolute Gasteiger partial charge is 0.389 e. The molecule has 0 radical (unpaired) electrons. The highest BCUT2D eigenvalue weighted by Gasteiger charge is 2.17. The monoisotopic (exact) mass is 302 g/mol. The number of hydrogen-bond donors (Lipinski definition) is 1. The molecule has 2 aromatic rings. The number of likely N-dealkylation sites (N-methyl/N-ethyl adjacent to an activating group) is 2. The molecule has 0 bridgehead atoms. The van der Waals surface area contributed by atoms with Crippen LogP contribution in [-0.4, -0.2) is 48.5 Å². The Bertz CT molecular complexity index is 699. The molecule has 0 atom stereocenters. The molecule has 1 heterocycles. The van der Waals surface area contributed by atoms with Crippen molar-refractivity contribution in [2.24, 2.45) is 5.73 Å². The third-order valence-corrected chi connectivity index (χ3v) is 3.49. The maximum atomic E-state index is 11.9. The first-order chi connectivity index (χ1) is 9.91. The number of pyridine rings is 1. The summed E-state index contributed by atoms with van der Waals surface area (Å²) in [7, 11) is 5.32. The van der Waals surface area contributed by atoms with E-state index < -0.39 is 0 Å². The molecule has 2 N–H and O–H groups in total. The molecule has 0 fully saturated rings. The van der Waals surface area contributed by atoms with Gasteiger partial charge < -0.3 is 15.5 Å². The first-order valence-corrected chi connectivity index (χ1v) is 6.91. The molecule has 2 rings (SSSR count). The van der Waals surface area contributed by atoms with E-state index in [0.29, 0.717) is 5.56 Å². The Morgan fingerprint density at radius 1 is 1.29 bits per heavy atom. The van der Waals surface area contributed by atoms with E-state index in [1.54, 1.807) is 25.2 Å². The number of rotatable bonds is 4. The molecule has 1 aromatic heterocycles. The van der Waals surface area contributed by atoms with Crippen LogP contribution in [0.25, 0.3) is 10.9 Å². The van der Waals surface area contributed by atoms with E-state index in [1.807, 2.05) is 36.2 Å². The van der Waals surface area contributed by atoms with Crippen molar-refractivity contribution < 1.29 is 4.79 Å². The van der Waals surface area contributed by atoms with Gasteiger partial charge in [0.1, 0.15) is 4.99 Å². The van der Waals surface area contributed by atoms with Gasteiger partial charge in [-0.15, -0.1) is 0 Å². The lowest BCUT2D eigenvalue weighted by Gasteiger charge is -2.24. The Balaban J connectivity index is 2.56. The normalized spacial score (nSPS) is 10.4. The summed E-state index contributed by atoms with van der Waals surface area (Å²) < 4.78 is 0. The molecule has 6 heteroatoms. The first kappa shape index (κ1) is 15.2. The number of anilines is 1. The van der Waals surface area contributed by atoms with Crippen molar-refractivity contribution in [1.29, 1.82) is 0 Å². The quantitative estimate of drug-likeness (QED) is 0.865. The van der Waals surface area contributed by atoms with Gasteiger partial charge in [-0.3, -0.25) is 9.78 Å². The second-order valence-corrected chi connectivity index (χ2v) is 5.49. The van der Waals surface area contributed by atoms with Gasteiger partial charge in [0.05, 0.1) is 23.3 Å². The number of thiocarbonyl (C=S) groups is 1. The van der Waals surface area contributed by atoms with Crippen molar-refractivity contribution >= 4 is 39.7 Å². The number of para-hydroxylation sites is 1. The number of carbonyl (C=O) groups is 1. The van der Waals surface area contributed by atoms with E-state index in [1.165, 1.54) is 0 Å². The maximum Gasteiger partial charge on any atom is 0.241 e. The third-order valence-electron chi connectivity index (χ3n) is 3.27. The minimum Gasteiger partial charge on any atom is -0.389 e. The van der Waals surface area contributed by atoms with Gasteiger partial charge in [0, 0.05) is 32.7 Å². The molecule has 1 aromatic carbocycles. The Morgan fingerprint density at radius 2 is 1.95 bits per heavy atom. The molecule has 0 saturated carbocycles. The fourth-order valence-electron chi connectivity index (χ4n) is 2.14. The highest BCUT2D eigenvalue weighted by atomic mass is 32.1. The minimum atomic E-state index is 0.00674. The fourth-order valence-corrected chi connectivity index (χ4v) is 2.29. The lowest BCUT2D eigenvalue weighted by atomic mass is 10.1.